The molecule has 0 atom stereocenters. The lowest BCUT2D eigenvalue weighted by molar-refractivity contribution is 0.384. The fourth-order valence-electron chi connectivity index (χ4n) is 2.26. The Bertz CT molecular complexity index is 567. The fourth-order valence-corrected chi connectivity index (χ4v) is 3.34. The van der Waals surface area contributed by atoms with E-state index in [1.54, 1.807) is 11.2 Å². The van der Waals surface area contributed by atoms with Gasteiger partial charge in [0.25, 0.3) is 0 Å². The Morgan fingerprint density at radius 3 is 2.45 bits per heavy atom. The molecule has 0 bridgehead atoms. The van der Waals surface area contributed by atoms with Crippen molar-refractivity contribution in [2.75, 3.05) is 36.8 Å². The molecule has 8 heteroatoms. The molecule has 7 nitrogen and oxygen atoms in total. The van der Waals surface area contributed by atoms with Crippen molar-refractivity contribution in [1.29, 1.82) is 0 Å². The van der Waals surface area contributed by atoms with E-state index in [0.29, 0.717) is 38.5 Å². The highest BCUT2D eigenvalue weighted by molar-refractivity contribution is 7.89. The maximum absolute atomic E-state index is 11.8. The summed E-state index contributed by atoms with van der Waals surface area (Å²) in [7, 11) is -3.09. The number of anilines is 1. The number of sulfonamides is 1. The van der Waals surface area contributed by atoms with Crippen LogP contribution in [0.2, 0.25) is 0 Å². The monoisotopic (exact) mass is 299 g/mol. The summed E-state index contributed by atoms with van der Waals surface area (Å²) in [6, 6.07) is 1.87. The second-order valence-electron chi connectivity index (χ2n) is 4.76. The van der Waals surface area contributed by atoms with E-state index in [2.05, 4.69) is 14.9 Å². The summed E-state index contributed by atoms with van der Waals surface area (Å²) >= 11 is 0. The number of aromatic nitrogens is 2. The van der Waals surface area contributed by atoms with Gasteiger partial charge in [-0.15, -0.1) is 0 Å². The first kappa shape index (κ1) is 15.1. The molecule has 112 valence electrons. The van der Waals surface area contributed by atoms with Gasteiger partial charge in [-0.25, -0.2) is 18.4 Å². The molecule has 0 radical (unpaired) electrons. The summed E-state index contributed by atoms with van der Waals surface area (Å²) < 4.78 is 25.2. The van der Waals surface area contributed by atoms with Crippen molar-refractivity contribution in [3.8, 4) is 0 Å². The topological polar surface area (TPSA) is 92.4 Å². The first-order valence-electron chi connectivity index (χ1n) is 6.73. The minimum Gasteiger partial charge on any atom is -0.354 e. The zero-order chi connectivity index (χ0) is 14.8. The fraction of sp³-hybridized carbons (Fsp3) is 0.667. The van der Waals surface area contributed by atoms with Gasteiger partial charge >= 0.3 is 0 Å². The molecule has 0 spiro atoms. The molecule has 0 unspecified atom stereocenters. The molecule has 0 saturated carbocycles. The summed E-state index contributed by atoms with van der Waals surface area (Å²) in [5, 5.41) is 0. The second-order valence-corrected chi connectivity index (χ2v) is 7.01. The summed E-state index contributed by atoms with van der Waals surface area (Å²) in [4.78, 5) is 10.7. The summed E-state index contributed by atoms with van der Waals surface area (Å²) in [6.07, 6.45) is 0. The maximum atomic E-state index is 11.8. The van der Waals surface area contributed by atoms with Crippen LogP contribution < -0.4 is 10.6 Å². The van der Waals surface area contributed by atoms with Gasteiger partial charge < -0.3 is 10.6 Å². The van der Waals surface area contributed by atoms with E-state index in [-0.39, 0.29) is 5.75 Å². The number of hydrogen-bond donors (Lipinski definition) is 1. The summed E-state index contributed by atoms with van der Waals surface area (Å²) in [5.41, 5.74) is 6.42. The van der Waals surface area contributed by atoms with Gasteiger partial charge in [-0.1, -0.05) is 0 Å². The third-order valence-corrected chi connectivity index (χ3v) is 5.29. The molecule has 20 heavy (non-hydrogen) atoms. The number of hydrogen-bond acceptors (Lipinski definition) is 6. The van der Waals surface area contributed by atoms with Gasteiger partial charge in [0.15, 0.2) is 0 Å². The van der Waals surface area contributed by atoms with E-state index in [0.717, 1.165) is 11.5 Å². The van der Waals surface area contributed by atoms with E-state index in [1.165, 1.54) is 0 Å². The Balaban J connectivity index is 2.09. The van der Waals surface area contributed by atoms with E-state index in [1.807, 2.05) is 13.0 Å². The molecule has 1 aliphatic rings. The lowest BCUT2D eigenvalue weighted by atomic mass is 10.3. The minimum atomic E-state index is -3.09. The van der Waals surface area contributed by atoms with Crippen LogP contribution >= 0.6 is 0 Å². The van der Waals surface area contributed by atoms with Crippen molar-refractivity contribution < 1.29 is 8.42 Å². The van der Waals surface area contributed by atoms with Crippen molar-refractivity contribution in [2.24, 2.45) is 5.73 Å². The number of rotatable bonds is 4. The molecule has 2 heterocycles. The van der Waals surface area contributed by atoms with Crippen LogP contribution in [0.25, 0.3) is 0 Å². The second kappa shape index (κ2) is 6.02. The predicted octanol–water partition coefficient (Wildman–Crippen LogP) is -0.285. The molecule has 2 rings (SSSR count). The maximum Gasteiger partial charge on any atom is 0.213 e. The number of nitrogens with two attached hydrogens (primary N) is 1. The van der Waals surface area contributed by atoms with Crippen LogP contribution in [0.5, 0.6) is 0 Å². The predicted molar refractivity (Wildman–Crippen MR) is 77.9 cm³/mol. The molecule has 2 N–H and O–H groups in total. The SMILES string of the molecule is CCS(=O)(=O)N1CCN(c2cc(CN)nc(C)n2)CC1. The smallest absolute Gasteiger partial charge is 0.213 e. The van der Waals surface area contributed by atoms with Gasteiger partial charge in [0.05, 0.1) is 11.4 Å². The number of aryl methyl sites for hydroxylation is 1. The lowest BCUT2D eigenvalue weighted by Crippen LogP contribution is -2.49. The highest BCUT2D eigenvalue weighted by Crippen LogP contribution is 2.16. The van der Waals surface area contributed by atoms with Gasteiger partial charge in [0, 0.05) is 38.8 Å². The third kappa shape index (κ3) is 3.25. The van der Waals surface area contributed by atoms with E-state index in [9.17, 15) is 8.42 Å². The molecule has 0 aliphatic carbocycles. The largest absolute Gasteiger partial charge is 0.354 e. The van der Waals surface area contributed by atoms with Crippen molar-refractivity contribution >= 4 is 15.8 Å². The Morgan fingerprint density at radius 1 is 1.25 bits per heavy atom. The van der Waals surface area contributed by atoms with Crippen molar-refractivity contribution in [2.45, 2.75) is 20.4 Å². The van der Waals surface area contributed by atoms with Crippen LogP contribution in [0.15, 0.2) is 6.07 Å². The molecule has 0 amide bonds. The quantitative estimate of drug-likeness (QED) is 0.821. The molecule has 0 aromatic carbocycles. The van der Waals surface area contributed by atoms with Crippen LogP contribution in [0.3, 0.4) is 0 Å². The highest BCUT2D eigenvalue weighted by Gasteiger charge is 2.26. The molecule has 1 aromatic rings. The van der Waals surface area contributed by atoms with E-state index < -0.39 is 10.0 Å². The summed E-state index contributed by atoms with van der Waals surface area (Å²) in [6.45, 7) is 6.15. The standard InChI is InChI=1S/C12H21N5O2S/c1-3-20(18,19)17-6-4-16(5-7-17)12-8-11(9-13)14-10(2)15-12/h8H,3-7,9,13H2,1-2H3. The van der Waals surface area contributed by atoms with E-state index in [4.69, 9.17) is 5.73 Å². The highest BCUT2D eigenvalue weighted by atomic mass is 32.2. The first-order valence-corrected chi connectivity index (χ1v) is 8.34. The van der Waals surface area contributed by atoms with E-state index >= 15 is 0 Å². The summed E-state index contributed by atoms with van der Waals surface area (Å²) in [5.74, 6) is 1.66. The van der Waals surface area contributed by atoms with Crippen molar-refractivity contribution in [1.82, 2.24) is 14.3 Å². The number of nitrogens with zero attached hydrogens (tertiary/aromatic N) is 4. The Morgan fingerprint density at radius 2 is 1.90 bits per heavy atom. The Labute approximate surface area is 119 Å². The number of piperazine rings is 1. The Kier molecular flexibility index (Phi) is 4.56. The average molecular weight is 299 g/mol. The van der Waals surface area contributed by atoms with Gasteiger partial charge in [0.2, 0.25) is 10.0 Å². The van der Waals surface area contributed by atoms with Crippen LogP contribution in [0, 0.1) is 6.92 Å². The van der Waals surface area contributed by atoms with Gasteiger partial charge in [-0.3, -0.25) is 0 Å². The van der Waals surface area contributed by atoms with Gasteiger partial charge in [0.1, 0.15) is 11.6 Å². The van der Waals surface area contributed by atoms with Crippen LogP contribution in [-0.2, 0) is 16.6 Å². The molecule has 1 saturated heterocycles. The van der Waals surface area contributed by atoms with Gasteiger partial charge in [-0.05, 0) is 13.8 Å². The lowest BCUT2D eigenvalue weighted by Gasteiger charge is -2.34. The molecule has 1 fully saturated rings. The normalized spacial score (nSPS) is 17.4. The Hall–Kier alpha value is -1.25. The first-order chi connectivity index (χ1) is 9.46. The van der Waals surface area contributed by atoms with Crippen LogP contribution in [0.4, 0.5) is 5.82 Å². The average Bonchev–Trinajstić information content (AvgIpc) is 2.46. The van der Waals surface area contributed by atoms with Crippen molar-refractivity contribution in [3.63, 3.8) is 0 Å². The zero-order valence-electron chi connectivity index (χ0n) is 11.9. The molecule has 1 aromatic heterocycles. The third-order valence-electron chi connectivity index (χ3n) is 3.41. The van der Waals surface area contributed by atoms with Crippen LogP contribution in [0.1, 0.15) is 18.4 Å². The molecular formula is C12H21N5O2S. The zero-order valence-corrected chi connectivity index (χ0v) is 12.7. The van der Waals surface area contributed by atoms with Crippen molar-refractivity contribution in [3.05, 3.63) is 17.6 Å². The minimum absolute atomic E-state index is 0.150. The molecular weight excluding hydrogens is 278 g/mol. The molecule has 1 aliphatic heterocycles. The van der Waals surface area contributed by atoms with Gasteiger partial charge in [-0.2, -0.15) is 4.31 Å². The van der Waals surface area contributed by atoms with Crippen LogP contribution in [-0.4, -0.2) is 54.6 Å².